The quantitative estimate of drug-likeness (QED) is 0.353. The highest BCUT2D eigenvalue weighted by molar-refractivity contribution is 6.12. The van der Waals surface area contributed by atoms with Gasteiger partial charge in [0.05, 0.1) is 35.8 Å². The zero-order valence-electron chi connectivity index (χ0n) is 18.5. The number of imidazole rings is 1. The molecule has 0 saturated heterocycles. The van der Waals surface area contributed by atoms with Gasteiger partial charge in [-0.1, -0.05) is 0 Å². The van der Waals surface area contributed by atoms with Crippen LogP contribution in [0.2, 0.25) is 0 Å². The van der Waals surface area contributed by atoms with Crippen molar-refractivity contribution in [3.05, 3.63) is 59.4 Å². The number of pyridine rings is 1. The smallest absolute Gasteiger partial charge is 0.259 e. The Morgan fingerprint density at radius 1 is 1.00 bits per heavy atom. The number of nitrogens with zero attached hydrogens (tertiary/aromatic N) is 4. The second-order valence-electron chi connectivity index (χ2n) is 7.16. The average Bonchev–Trinajstić information content (AvgIpc) is 3.26. The van der Waals surface area contributed by atoms with E-state index in [1.807, 2.05) is 6.92 Å². The highest BCUT2D eigenvalue weighted by atomic mass is 16.5. The number of rotatable bonds is 6. The predicted octanol–water partition coefficient (Wildman–Crippen LogP) is 2.73. The van der Waals surface area contributed by atoms with Crippen LogP contribution < -0.4 is 20.7 Å². The number of hydrogen-bond donors (Lipinski definition) is 4. The lowest BCUT2D eigenvalue weighted by atomic mass is 10.1. The van der Waals surface area contributed by atoms with E-state index < -0.39 is 11.8 Å². The maximum atomic E-state index is 13.2. The maximum Gasteiger partial charge on any atom is 0.259 e. The van der Waals surface area contributed by atoms with Crippen molar-refractivity contribution in [1.29, 1.82) is 0 Å². The Morgan fingerprint density at radius 3 is 2.55 bits per heavy atom. The Bertz CT molecular complexity index is 1350. The van der Waals surface area contributed by atoms with Crippen molar-refractivity contribution >= 4 is 40.2 Å². The van der Waals surface area contributed by atoms with Crippen LogP contribution in [-0.2, 0) is 0 Å². The van der Waals surface area contributed by atoms with E-state index in [0.29, 0.717) is 28.7 Å². The van der Waals surface area contributed by atoms with Crippen molar-refractivity contribution < 1.29 is 14.3 Å². The molecule has 4 aromatic rings. The average molecular weight is 446 g/mol. The van der Waals surface area contributed by atoms with Crippen LogP contribution >= 0.6 is 0 Å². The summed E-state index contributed by atoms with van der Waals surface area (Å²) in [5, 5.41) is 8.43. The number of H-pyrrole nitrogens is 1. The molecule has 0 aliphatic rings. The lowest BCUT2D eigenvalue weighted by molar-refractivity contribution is 0.0963. The molecule has 11 heteroatoms. The molecular weight excluding hydrogens is 424 g/mol. The normalized spacial score (nSPS) is 10.7. The minimum absolute atomic E-state index is 0.200. The first-order valence-electron chi connectivity index (χ1n) is 10.0. The molecule has 33 heavy (non-hydrogen) atoms. The van der Waals surface area contributed by atoms with Gasteiger partial charge in [0.2, 0.25) is 0 Å². The molecule has 0 atom stereocenters. The largest absolute Gasteiger partial charge is 0.494 e. The summed E-state index contributed by atoms with van der Waals surface area (Å²) < 4.78 is 5.44. The number of anilines is 3. The van der Waals surface area contributed by atoms with Crippen LogP contribution in [0.4, 0.5) is 17.3 Å². The predicted molar refractivity (Wildman–Crippen MR) is 123 cm³/mol. The van der Waals surface area contributed by atoms with Crippen molar-refractivity contribution in [3.8, 4) is 5.75 Å². The van der Waals surface area contributed by atoms with Gasteiger partial charge in [-0.05, 0) is 26.0 Å². The van der Waals surface area contributed by atoms with E-state index in [-0.39, 0.29) is 16.8 Å². The molecule has 4 rings (SSSR count). The molecule has 168 valence electrons. The number of aromatic nitrogens is 5. The second-order valence-corrected chi connectivity index (χ2v) is 7.16. The fraction of sp³-hybridized carbons (Fsp3) is 0.182. The molecule has 0 aliphatic heterocycles. The van der Waals surface area contributed by atoms with Gasteiger partial charge in [-0.3, -0.25) is 9.59 Å². The summed E-state index contributed by atoms with van der Waals surface area (Å²) in [4.78, 5) is 45.6. The van der Waals surface area contributed by atoms with Gasteiger partial charge in [0, 0.05) is 31.1 Å². The van der Waals surface area contributed by atoms with Crippen LogP contribution in [0.15, 0.2) is 36.8 Å². The number of benzene rings is 1. The first-order chi connectivity index (χ1) is 15.9. The molecule has 2 amide bonds. The third kappa shape index (κ3) is 4.42. The third-order valence-electron chi connectivity index (χ3n) is 4.84. The molecule has 0 aliphatic carbocycles. The lowest BCUT2D eigenvalue weighted by Crippen LogP contribution is -2.22. The van der Waals surface area contributed by atoms with Crippen LogP contribution in [0.5, 0.6) is 5.75 Å². The van der Waals surface area contributed by atoms with E-state index in [9.17, 15) is 9.59 Å². The topological polar surface area (TPSA) is 147 Å². The molecule has 0 spiro atoms. The minimum Gasteiger partial charge on any atom is -0.494 e. The number of aromatic amines is 1. The van der Waals surface area contributed by atoms with Crippen LogP contribution in [0, 0.1) is 13.8 Å². The van der Waals surface area contributed by atoms with Crippen LogP contribution in [0.25, 0.3) is 11.0 Å². The third-order valence-corrected chi connectivity index (χ3v) is 4.84. The number of aryl methyl sites for hydroxylation is 2. The standard InChI is InChI=1S/C22H22N8O3/c1-11-7-18(28-12(2)27-11)30-17-8-16(14(9-24-17)21(31)23-3)29-22(32)13-5-6-15-19(20(13)33-4)26-10-25-15/h5-10H,1-4H3,(H,23,31)(H,25,26)(H2,24,27,28,29,30,32). The van der Waals surface area contributed by atoms with E-state index in [4.69, 9.17) is 4.74 Å². The van der Waals surface area contributed by atoms with E-state index >= 15 is 0 Å². The van der Waals surface area contributed by atoms with Crippen molar-refractivity contribution in [2.24, 2.45) is 0 Å². The Morgan fingerprint density at radius 2 is 1.82 bits per heavy atom. The van der Waals surface area contributed by atoms with Crippen LogP contribution in [0.3, 0.4) is 0 Å². The van der Waals surface area contributed by atoms with Gasteiger partial charge in [0.25, 0.3) is 11.8 Å². The number of nitrogens with one attached hydrogen (secondary N) is 4. The van der Waals surface area contributed by atoms with Gasteiger partial charge in [-0.25, -0.2) is 19.9 Å². The summed E-state index contributed by atoms with van der Waals surface area (Å²) >= 11 is 0. The van der Waals surface area contributed by atoms with Gasteiger partial charge in [-0.15, -0.1) is 0 Å². The molecular formula is C22H22N8O3. The maximum absolute atomic E-state index is 13.2. The molecule has 0 bridgehead atoms. The Balaban J connectivity index is 1.70. The highest BCUT2D eigenvalue weighted by Gasteiger charge is 2.20. The molecule has 0 unspecified atom stereocenters. The van der Waals surface area contributed by atoms with Crippen molar-refractivity contribution in [1.82, 2.24) is 30.2 Å². The molecule has 3 heterocycles. The zero-order valence-corrected chi connectivity index (χ0v) is 18.5. The Hall–Kier alpha value is -4.54. The van der Waals surface area contributed by atoms with Gasteiger partial charge in [0.1, 0.15) is 23.0 Å². The summed E-state index contributed by atoms with van der Waals surface area (Å²) in [6.45, 7) is 3.65. The number of fused-ring (bicyclic) bond motifs is 1. The first kappa shape index (κ1) is 21.7. The van der Waals surface area contributed by atoms with Crippen molar-refractivity contribution in [3.63, 3.8) is 0 Å². The van der Waals surface area contributed by atoms with E-state index in [2.05, 4.69) is 40.9 Å². The van der Waals surface area contributed by atoms with Gasteiger partial charge in [0.15, 0.2) is 5.75 Å². The molecule has 0 fully saturated rings. The van der Waals surface area contributed by atoms with Gasteiger partial charge >= 0.3 is 0 Å². The van der Waals surface area contributed by atoms with Gasteiger partial charge in [-0.2, -0.15) is 0 Å². The SMILES string of the molecule is CNC(=O)c1cnc(Nc2cc(C)nc(C)n2)cc1NC(=O)c1ccc2[nH]cnc2c1OC. The highest BCUT2D eigenvalue weighted by Crippen LogP contribution is 2.29. The minimum atomic E-state index is -0.465. The summed E-state index contributed by atoms with van der Waals surface area (Å²) in [6.07, 6.45) is 2.90. The number of carbonyl (C=O) groups excluding carboxylic acids is 2. The monoisotopic (exact) mass is 446 g/mol. The van der Waals surface area contributed by atoms with E-state index in [1.54, 1.807) is 31.2 Å². The van der Waals surface area contributed by atoms with Crippen molar-refractivity contribution in [2.45, 2.75) is 13.8 Å². The summed E-state index contributed by atoms with van der Waals surface area (Å²) in [6, 6.07) is 6.69. The van der Waals surface area contributed by atoms with E-state index in [1.165, 1.54) is 26.7 Å². The molecule has 0 saturated carbocycles. The number of hydrogen-bond acceptors (Lipinski definition) is 8. The molecule has 1 aromatic carbocycles. The number of amides is 2. The summed E-state index contributed by atoms with van der Waals surface area (Å²) in [7, 11) is 2.97. The number of methoxy groups -OCH3 is 1. The first-order valence-corrected chi connectivity index (χ1v) is 10.0. The Labute approximate surface area is 189 Å². The van der Waals surface area contributed by atoms with E-state index in [0.717, 1.165) is 11.2 Å². The number of carbonyl (C=O) groups is 2. The summed E-state index contributed by atoms with van der Waals surface area (Å²) in [5.74, 6) is 1.01. The molecule has 0 radical (unpaired) electrons. The zero-order chi connectivity index (χ0) is 23.5. The molecule has 4 N–H and O–H groups in total. The molecule has 11 nitrogen and oxygen atoms in total. The Kier molecular flexibility index (Phi) is 5.85. The fourth-order valence-corrected chi connectivity index (χ4v) is 3.41. The lowest BCUT2D eigenvalue weighted by Gasteiger charge is -2.14. The summed E-state index contributed by atoms with van der Waals surface area (Å²) in [5.41, 5.74) is 2.80. The molecule has 3 aromatic heterocycles. The van der Waals surface area contributed by atoms with Crippen LogP contribution in [-0.4, -0.2) is 50.9 Å². The van der Waals surface area contributed by atoms with Gasteiger partial charge < -0.3 is 25.7 Å². The second kappa shape index (κ2) is 8.91. The fourth-order valence-electron chi connectivity index (χ4n) is 3.41. The number of ether oxygens (including phenoxy) is 1. The van der Waals surface area contributed by atoms with Crippen molar-refractivity contribution in [2.75, 3.05) is 24.8 Å². The van der Waals surface area contributed by atoms with Crippen LogP contribution in [0.1, 0.15) is 32.2 Å².